The highest BCUT2D eigenvalue weighted by molar-refractivity contribution is 9.10. The number of hydrogen-bond donors (Lipinski definition) is 1. The van der Waals surface area contributed by atoms with E-state index in [0.29, 0.717) is 18.5 Å². The minimum absolute atomic E-state index is 0.398. The van der Waals surface area contributed by atoms with Crippen LogP contribution in [0.15, 0.2) is 22.7 Å². The van der Waals surface area contributed by atoms with Gasteiger partial charge in [-0.05, 0) is 43.7 Å². The van der Waals surface area contributed by atoms with Gasteiger partial charge in [-0.1, -0.05) is 22.9 Å². The molecule has 1 heterocycles. The molecule has 0 bridgehead atoms. The van der Waals surface area contributed by atoms with E-state index < -0.39 is 0 Å². The molecule has 0 aliphatic carbocycles. The second-order valence-electron chi connectivity index (χ2n) is 5.80. The number of rotatable bonds is 2. The number of halogens is 1. The van der Waals surface area contributed by atoms with E-state index in [-0.39, 0.29) is 0 Å². The fourth-order valence-electron chi connectivity index (χ4n) is 3.05. The van der Waals surface area contributed by atoms with Gasteiger partial charge in [0.2, 0.25) is 0 Å². The fraction of sp³-hybridized carbons (Fsp3) is 0.600. The molecule has 0 saturated carbocycles. The van der Waals surface area contributed by atoms with Gasteiger partial charge in [-0.3, -0.25) is 0 Å². The Morgan fingerprint density at radius 2 is 2.05 bits per heavy atom. The summed E-state index contributed by atoms with van der Waals surface area (Å²) in [6, 6.07) is 6.91. The number of anilines is 1. The standard InChI is InChI=1S/C15H24BrN3/c1-11-8-18(3)10-14(7-17)19(9-11)15-5-4-13(16)6-12(15)2/h4-6,11,14H,7-10,17H2,1-3H3. The molecular formula is C15H24BrN3. The van der Waals surface area contributed by atoms with Crippen LogP contribution in [-0.2, 0) is 0 Å². The molecule has 1 fully saturated rings. The van der Waals surface area contributed by atoms with Crippen molar-refractivity contribution < 1.29 is 0 Å². The van der Waals surface area contributed by atoms with E-state index in [1.54, 1.807) is 0 Å². The van der Waals surface area contributed by atoms with Gasteiger partial charge in [0.1, 0.15) is 0 Å². The van der Waals surface area contributed by atoms with Crippen molar-refractivity contribution in [2.24, 2.45) is 11.7 Å². The third-order valence-electron chi connectivity index (χ3n) is 3.84. The van der Waals surface area contributed by atoms with Crippen LogP contribution in [0.1, 0.15) is 12.5 Å². The first-order valence-corrected chi connectivity index (χ1v) is 7.72. The number of nitrogens with zero attached hydrogens (tertiary/aromatic N) is 2. The van der Waals surface area contributed by atoms with Crippen molar-refractivity contribution in [2.75, 3.05) is 38.1 Å². The Labute approximate surface area is 124 Å². The average molecular weight is 326 g/mol. The monoisotopic (exact) mass is 325 g/mol. The maximum atomic E-state index is 6.01. The lowest BCUT2D eigenvalue weighted by atomic mass is 10.1. The van der Waals surface area contributed by atoms with Gasteiger partial charge in [0, 0.05) is 36.3 Å². The molecule has 1 aliphatic rings. The number of nitrogens with two attached hydrogens (primary N) is 1. The smallest absolute Gasteiger partial charge is 0.0539 e. The van der Waals surface area contributed by atoms with Gasteiger partial charge in [-0.15, -0.1) is 0 Å². The van der Waals surface area contributed by atoms with E-state index in [4.69, 9.17) is 5.73 Å². The summed E-state index contributed by atoms with van der Waals surface area (Å²) in [5.74, 6) is 0.657. The summed E-state index contributed by atoms with van der Waals surface area (Å²) in [5.41, 5.74) is 8.64. The number of likely N-dealkylation sites (N-methyl/N-ethyl adjacent to an activating group) is 1. The summed E-state index contributed by atoms with van der Waals surface area (Å²) in [6.07, 6.45) is 0. The fourth-order valence-corrected chi connectivity index (χ4v) is 3.52. The lowest BCUT2D eigenvalue weighted by Gasteiger charge is -2.34. The highest BCUT2D eigenvalue weighted by Gasteiger charge is 2.26. The first-order valence-electron chi connectivity index (χ1n) is 6.92. The van der Waals surface area contributed by atoms with Crippen molar-refractivity contribution in [3.05, 3.63) is 28.2 Å². The van der Waals surface area contributed by atoms with Crippen molar-refractivity contribution in [1.29, 1.82) is 0 Å². The van der Waals surface area contributed by atoms with Crippen molar-refractivity contribution in [1.82, 2.24) is 4.90 Å². The van der Waals surface area contributed by atoms with E-state index in [9.17, 15) is 0 Å². The van der Waals surface area contributed by atoms with Crippen molar-refractivity contribution >= 4 is 21.6 Å². The number of hydrogen-bond acceptors (Lipinski definition) is 3. The summed E-state index contributed by atoms with van der Waals surface area (Å²) in [6.45, 7) is 8.45. The van der Waals surface area contributed by atoms with Crippen LogP contribution in [0.2, 0.25) is 0 Å². The van der Waals surface area contributed by atoms with Crippen molar-refractivity contribution in [2.45, 2.75) is 19.9 Å². The van der Waals surface area contributed by atoms with Gasteiger partial charge < -0.3 is 15.5 Å². The molecule has 1 saturated heterocycles. The summed E-state index contributed by atoms with van der Waals surface area (Å²) >= 11 is 3.54. The van der Waals surface area contributed by atoms with Crippen molar-refractivity contribution in [3.8, 4) is 0 Å². The predicted octanol–water partition coefficient (Wildman–Crippen LogP) is 2.47. The van der Waals surface area contributed by atoms with Crippen LogP contribution >= 0.6 is 15.9 Å². The first-order chi connectivity index (χ1) is 9.01. The van der Waals surface area contributed by atoms with Crippen LogP contribution in [0.5, 0.6) is 0 Å². The Hall–Kier alpha value is -0.580. The number of benzene rings is 1. The molecule has 2 rings (SSSR count). The molecule has 1 aromatic rings. The molecule has 2 unspecified atom stereocenters. The molecule has 0 amide bonds. The van der Waals surface area contributed by atoms with Gasteiger partial charge in [0.25, 0.3) is 0 Å². The highest BCUT2D eigenvalue weighted by Crippen LogP contribution is 2.27. The summed E-state index contributed by atoms with van der Waals surface area (Å²) in [4.78, 5) is 4.90. The Bertz CT molecular complexity index is 435. The molecule has 1 aromatic carbocycles. The molecule has 3 nitrogen and oxygen atoms in total. The molecule has 2 N–H and O–H groups in total. The normalized spacial score (nSPS) is 25.4. The highest BCUT2D eigenvalue weighted by atomic mass is 79.9. The third kappa shape index (κ3) is 3.50. The van der Waals surface area contributed by atoms with Gasteiger partial charge >= 0.3 is 0 Å². The summed E-state index contributed by atoms with van der Waals surface area (Å²) in [5, 5.41) is 0. The van der Waals surface area contributed by atoms with Crippen LogP contribution in [0.3, 0.4) is 0 Å². The SMILES string of the molecule is Cc1cc(Br)ccc1N1CC(C)CN(C)CC1CN. The van der Waals surface area contributed by atoms with E-state index in [1.807, 2.05) is 0 Å². The molecule has 0 aromatic heterocycles. The summed E-state index contributed by atoms with van der Waals surface area (Å²) < 4.78 is 1.14. The zero-order valence-corrected chi connectivity index (χ0v) is 13.7. The zero-order chi connectivity index (χ0) is 14.0. The van der Waals surface area contributed by atoms with E-state index >= 15 is 0 Å². The molecule has 106 valence electrons. The van der Waals surface area contributed by atoms with E-state index in [0.717, 1.165) is 24.1 Å². The van der Waals surface area contributed by atoms with Gasteiger partial charge in [-0.2, -0.15) is 0 Å². The van der Waals surface area contributed by atoms with E-state index in [2.05, 4.69) is 64.8 Å². The van der Waals surface area contributed by atoms with Gasteiger partial charge in [-0.25, -0.2) is 0 Å². The second-order valence-corrected chi connectivity index (χ2v) is 6.71. The maximum absolute atomic E-state index is 6.01. The lowest BCUT2D eigenvalue weighted by Crippen LogP contribution is -2.45. The molecule has 4 heteroatoms. The average Bonchev–Trinajstić information content (AvgIpc) is 2.47. The summed E-state index contributed by atoms with van der Waals surface area (Å²) in [7, 11) is 2.19. The van der Waals surface area contributed by atoms with Crippen LogP contribution in [0, 0.1) is 12.8 Å². The Morgan fingerprint density at radius 3 is 2.68 bits per heavy atom. The molecule has 2 atom stereocenters. The molecular weight excluding hydrogens is 302 g/mol. The zero-order valence-electron chi connectivity index (χ0n) is 12.1. The largest absolute Gasteiger partial charge is 0.365 e. The van der Waals surface area contributed by atoms with Gasteiger partial charge in [0.15, 0.2) is 0 Å². The Kier molecular flexibility index (Phi) is 4.87. The van der Waals surface area contributed by atoms with Crippen LogP contribution < -0.4 is 10.6 Å². The van der Waals surface area contributed by atoms with Gasteiger partial charge in [0.05, 0.1) is 6.04 Å². The van der Waals surface area contributed by atoms with E-state index in [1.165, 1.54) is 11.3 Å². The topological polar surface area (TPSA) is 32.5 Å². The molecule has 0 radical (unpaired) electrons. The van der Waals surface area contributed by atoms with Crippen LogP contribution in [-0.4, -0.2) is 44.2 Å². The number of aryl methyl sites for hydroxylation is 1. The lowest BCUT2D eigenvalue weighted by molar-refractivity contribution is 0.304. The maximum Gasteiger partial charge on any atom is 0.0539 e. The second kappa shape index (κ2) is 6.25. The quantitative estimate of drug-likeness (QED) is 0.906. The minimum Gasteiger partial charge on any atom is -0.365 e. The molecule has 19 heavy (non-hydrogen) atoms. The third-order valence-corrected chi connectivity index (χ3v) is 4.33. The minimum atomic E-state index is 0.398. The van der Waals surface area contributed by atoms with Crippen LogP contribution in [0.4, 0.5) is 5.69 Å². The first kappa shape index (κ1) is 14.8. The molecule has 0 spiro atoms. The molecule has 1 aliphatic heterocycles. The Morgan fingerprint density at radius 1 is 1.32 bits per heavy atom. The van der Waals surface area contributed by atoms with Crippen molar-refractivity contribution in [3.63, 3.8) is 0 Å². The Balaban J connectivity index is 2.33. The predicted molar refractivity (Wildman–Crippen MR) is 85.7 cm³/mol. The van der Waals surface area contributed by atoms with Crippen LogP contribution in [0.25, 0.3) is 0 Å².